The van der Waals surface area contributed by atoms with Gasteiger partial charge in [0, 0.05) is 11.4 Å². The van der Waals surface area contributed by atoms with Gasteiger partial charge >= 0.3 is 6.03 Å². The molecule has 2 amide bonds. The van der Waals surface area contributed by atoms with Gasteiger partial charge in [-0.3, -0.25) is 0 Å². The molecule has 2 aromatic rings. The van der Waals surface area contributed by atoms with Crippen LogP contribution in [0.5, 0.6) is 0 Å². The second-order valence-electron chi connectivity index (χ2n) is 9.67. The van der Waals surface area contributed by atoms with Crippen LogP contribution in [0.2, 0.25) is 0 Å². The summed E-state index contributed by atoms with van der Waals surface area (Å²) in [7, 11) is 0. The highest BCUT2D eigenvalue weighted by atomic mass is 32.1. The number of nitrogens with one attached hydrogen (secondary N) is 2. The number of amides is 2. The first-order valence-electron chi connectivity index (χ1n) is 11.7. The number of nitrogens with zero attached hydrogens (tertiary/aromatic N) is 1. The van der Waals surface area contributed by atoms with Crippen molar-refractivity contribution in [2.45, 2.75) is 76.7 Å². The summed E-state index contributed by atoms with van der Waals surface area (Å²) in [6.45, 7) is 1.33. The molecule has 3 fully saturated rings. The third kappa shape index (κ3) is 4.41. The predicted molar refractivity (Wildman–Crippen MR) is 122 cm³/mol. The van der Waals surface area contributed by atoms with Gasteiger partial charge in [-0.05, 0) is 87.0 Å². The van der Waals surface area contributed by atoms with E-state index >= 15 is 0 Å². The van der Waals surface area contributed by atoms with Crippen molar-refractivity contribution in [2.24, 2.45) is 11.3 Å². The Hall–Kier alpha value is -1.88. The Morgan fingerprint density at radius 3 is 2.60 bits per heavy atom. The number of benzene rings is 1. The van der Waals surface area contributed by atoms with Gasteiger partial charge in [0.05, 0.1) is 12.2 Å². The van der Waals surface area contributed by atoms with Crippen molar-refractivity contribution in [3.63, 3.8) is 0 Å². The second-order valence-corrected chi connectivity index (χ2v) is 10.8. The van der Waals surface area contributed by atoms with E-state index in [2.05, 4.69) is 41.0 Å². The van der Waals surface area contributed by atoms with Crippen LogP contribution in [0.3, 0.4) is 0 Å². The van der Waals surface area contributed by atoms with E-state index in [0.717, 1.165) is 43.2 Å². The summed E-state index contributed by atoms with van der Waals surface area (Å²) in [5.41, 5.74) is 3.20. The average molecular weight is 424 g/mol. The maximum Gasteiger partial charge on any atom is 0.315 e. The zero-order chi connectivity index (χ0) is 20.4. The lowest BCUT2D eigenvalue weighted by Crippen LogP contribution is -2.40. The minimum Gasteiger partial charge on any atom is -0.338 e. The Morgan fingerprint density at radius 2 is 1.83 bits per heavy atom. The standard InChI is InChI=1S/C25H33N3OS/c29-24(26-15-14-25-11-8-18(9-12-25)10-13-25)27-17-23-28-21-7-6-20(16-22(21)30-23)19-4-2-1-3-5-19/h1-5,18,20H,6-17H2,(H2,26,27,29). The van der Waals surface area contributed by atoms with E-state index in [1.807, 2.05) is 0 Å². The fourth-order valence-corrected chi connectivity index (χ4v) is 7.02. The van der Waals surface area contributed by atoms with Gasteiger partial charge in [0.2, 0.25) is 0 Å². The third-order valence-electron chi connectivity index (χ3n) is 7.84. The maximum absolute atomic E-state index is 12.3. The highest BCUT2D eigenvalue weighted by Crippen LogP contribution is 2.51. The molecular formula is C25H33N3OS. The zero-order valence-electron chi connectivity index (χ0n) is 17.8. The molecule has 30 heavy (non-hydrogen) atoms. The molecule has 1 heterocycles. The van der Waals surface area contributed by atoms with Crippen LogP contribution in [-0.2, 0) is 19.4 Å². The Balaban J connectivity index is 1.08. The molecule has 2 bridgehead atoms. The van der Waals surface area contributed by atoms with Gasteiger partial charge in [-0.25, -0.2) is 9.78 Å². The normalized spacial score (nSPS) is 27.5. The average Bonchev–Trinajstić information content (AvgIpc) is 3.22. The number of fused-ring (bicyclic) bond motifs is 4. The molecule has 2 N–H and O–H groups in total. The van der Waals surface area contributed by atoms with Crippen LogP contribution in [0.1, 0.15) is 78.4 Å². The molecule has 0 radical (unpaired) electrons. The first kappa shape index (κ1) is 20.0. The Morgan fingerprint density at radius 1 is 1.07 bits per heavy atom. The fourth-order valence-electron chi connectivity index (χ4n) is 5.89. The van der Waals surface area contributed by atoms with Gasteiger partial charge in [0.1, 0.15) is 5.01 Å². The molecule has 1 aromatic heterocycles. The molecule has 4 aliphatic rings. The van der Waals surface area contributed by atoms with E-state index in [1.54, 1.807) is 11.3 Å². The Kier molecular flexibility index (Phi) is 5.81. The summed E-state index contributed by atoms with van der Waals surface area (Å²) >= 11 is 1.78. The van der Waals surface area contributed by atoms with Crippen molar-refractivity contribution in [3.05, 3.63) is 51.5 Å². The molecule has 6 rings (SSSR count). The first-order chi connectivity index (χ1) is 14.7. The number of hydrogen-bond donors (Lipinski definition) is 2. The summed E-state index contributed by atoms with van der Waals surface area (Å²) < 4.78 is 0. The van der Waals surface area contributed by atoms with Crippen LogP contribution in [0, 0.1) is 11.3 Å². The van der Waals surface area contributed by atoms with Crippen molar-refractivity contribution >= 4 is 17.4 Å². The minimum atomic E-state index is -0.0498. The molecule has 0 saturated heterocycles. The van der Waals surface area contributed by atoms with E-state index in [1.165, 1.54) is 54.7 Å². The number of thiazole rings is 1. The highest BCUT2D eigenvalue weighted by Gasteiger charge is 2.39. The van der Waals surface area contributed by atoms with Crippen molar-refractivity contribution in [3.8, 4) is 0 Å². The summed E-state index contributed by atoms with van der Waals surface area (Å²) in [5.74, 6) is 1.59. The smallest absolute Gasteiger partial charge is 0.315 e. The van der Waals surface area contributed by atoms with Crippen molar-refractivity contribution in [2.75, 3.05) is 6.54 Å². The molecule has 5 heteroatoms. The number of urea groups is 1. The Labute approximate surface area is 183 Å². The quantitative estimate of drug-likeness (QED) is 0.638. The van der Waals surface area contributed by atoms with Crippen LogP contribution in [-0.4, -0.2) is 17.6 Å². The van der Waals surface area contributed by atoms with Crippen LogP contribution < -0.4 is 10.6 Å². The van der Waals surface area contributed by atoms with E-state index in [9.17, 15) is 4.79 Å². The van der Waals surface area contributed by atoms with Crippen LogP contribution >= 0.6 is 11.3 Å². The highest BCUT2D eigenvalue weighted by molar-refractivity contribution is 7.11. The monoisotopic (exact) mass is 423 g/mol. The molecule has 3 saturated carbocycles. The number of carbonyl (C=O) groups is 1. The maximum atomic E-state index is 12.3. The molecule has 4 aliphatic carbocycles. The largest absolute Gasteiger partial charge is 0.338 e. The number of aryl methyl sites for hydroxylation is 1. The molecular weight excluding hydrogens is 390 g/mol. The predicted octanol–water partition coefficient (Wildman–Crippen LogP) is 5.58. The van der Waals surface area contributed by atoms with Crippen molar-refractivity contribution in [1.82, 2.24) is 15.6 Å². The molecule has 4 nitrogen and oxygen atoms in total. The van der Waals surface area contributed by atoms with Gasteiger partial charge < -0.3 is 10.6 Å². The molecule has 1 unspecified atom stereocenters. The molecule has 0 aliphatic heterocycles. The minimum absolute atomic E-state index is 0.0498. The second kappa shape index (κ2) is 8.70. The number of carbonyl (C=O) groups excluding carboxylic acids is 1. The van der Waals surface area contributed by atoms with Gasteiger partial charge in [0.25, 0.3) is 0 Å². The SMILES string of the molecule is O=C(NCCC12CCC(CC1)CC2)NCc1nc2c(s1)CC(c1ccccc1)CC2. The number of rotatable bonds is 6. The first-order valence-corrected chi connectivity index (χ1v) is 12.5. The van der Waals surface area contributed by atoms with Crippen LogP contribution in [0.15, 0.2) is 30.3 Å². The van der Waals surface area contributed by atoms with Crippen molar-refractivity contribution < 1.29 is 4.79 Å². The van der Waals surface area contributed by atoms with Gasteiger partial charge in [-0.15, -0.1) is 11.3 Å². The van der Waals surface area contributed by atoms with E-state index in [-0.39, 0.29) is 6.03 Å². The Bertz CT molecular complexity index is 856. The molecule has 1 aromatic carbocycles. The summed E-state index contributed by atoms with van der Waals surface area (Å²) in [5, 5.41) is 7.16. The molecule has 0 spiro atoms. The fraction of sp³-hybridized carbons (Fsp3) is 0.600. The summed E-state index contributed by atoms with van der Waals surface area (Å²) in [6, 6.07) is 10.8. The van der Waals surface area contributed by atoms with Gasteiger partial charge in [0.15, 0.2) is 0 Å². The van der Waals surface area contributed by atoms with E-state index in [4.69, 9.17) is 4.98 Å². The van der Waals surface area contributed by atoms with Crippen molar-refractivity contribution in [1.29, 1.82) is 0 Å². The van der Waals surface area contributed by atoms with Gasteiger partial charge in [-0.1, -0.05) is 30.3 Å². The number of hydrogen-bond acceptors (Lipinski definition) is 3. The topological polar surface area (TPSA) is 54.0 Å². The zero-order valence-corrected chi connectivity index (χ0v) is 18.6. The van der Waals surface area contributed by atoms with E-state index in [0.29, 0.717) is 17.9 Å². The molecule has 1 atom stereocenters. The number of aromatic nitrogens is 1. The van der Waals surface area contributed by atoms with Gasteiger partial charge in [-0.2, -0.15) is 0 Å². The van der Waals surface area contributed by atoms with Crippen LogP contribution in [0.4, 0.5) is 4.79 Å². The van der Waals surface area contributed by atoms with E-state index < -0.39 is 0 Å². The van der Waals surface area contributed by atoms with Crippen LogP contribution in [0.25, 0.3) is 0 Å². The lowest BCUT2D eigenvalue weighted by atomic mass is 9.59. The lowest BCUT2D eigenvalue weighted by Gasteiger charge is -2.46. The molecule has 160 valence electrons. The summed E-state index contributed by atoms with van der Waals surface area (Å²) in [6.07, 6.45) is 12.8. The third-order valence-corrected chi connectivity index (χ3v) is 8.96. The lowest BCUT2D eigenvalue weighted by molar-refractivity contribution is 0.0574. The summed E-state index contributed by atoms with van der Waals surface area (Å²) in [4.78, 5) is 18.5.